The maximum absolute atomic E-state index is 10.6. The van der Waals surface area contributed by atoms with Crippen molar-refractivity contribution >= 4 is 40.2 Å². The van der Waals surface area contributed by atoms with Crippen molar-refractivity contribution in [3.05, 3.63) is 156 Å². The monoisotopic (exact) mass is 634 g/mol. The number of fused-ring (bicyclic) bond motifs is 2. The third kappa shape index (κ3) is 5.76. The van der Waals surface area contributed by atoms with Gasteiger partial charge in [-0.25, -0.2) is 0 Å². The number of benzene rings is 6. The van der Waals surface area contributed by atoms with Gasteiger partial charge < -0.3 is 4.90 Å². The molecule has 1 aliphatic rings. The summed E-state index contributed by atoms with van der Waals surface area (Å²) in [5, 5.41) is 10.6. The third-order valence-corrected chi connectivity index (χ3v) is 10.1. The normalized spacial score (nSPS) is 12.3. The fourth-order valence-electron chi connectivity index (χ4n) is 7.67. The number of anilines is 3. The van der Waals surface area contributed by atoms with Crippen molar-refractivity contribution < 1.29 is 0 Å². The summed E-state index contributed by atoms with van der Waals surface area (Å²) < 4.78 is 0. The van der Waals surface area contributed by atoms with Gasteiger partial charge in [0.15, 0.2) is 0 Å². The Morgan fingerprint density at radius 3 is 1.37 bits per heavy atom. The summed E-state index contributed by atoms with van der Waals surface area (Å²) >= 11 is 0. The van der Waals surface area contributed by atoms with Crippen molar-refractivity contribution in [1.29, 1.82) is 5.26 Å². The molecule has 0 saturated carbocycles. The van der Waals surface area contributed by atoms with E-state index in [4.69, 9.17) is 0 Å². The van der Waals surface area contributed by atoms with Gasteiger partial charge in [0.1, 0.15) is 6.07 Å². The van der Waals surface area contributed by atoms with E-state index < -0.39 is 0 Å². The highest BCUT2D eigenvalue weighted by Crippen LogP contribution is 2.43. The summed E-state index contributed by atoms with van der Waals surface area (Å²) in [7, 11) is 0. The first-order valence-electron chi connectivity index (χ1n) is 17.6. The van der Waals surface area contributed by atoms with Gasteiger partial charge in [-0.05, 0) is 80.8 Å². The Morgan fingerprint density at radius 2 is 0.959 bits per heavy atom. The largest absolute Gasteiger partial charge is 0.311 e. The van der Waals surface area contributed by atoms with Crippen molar-refractivity contribution in [1.82, 2.24) is 0 Å². The summed E-state index contributed by atoms with van der Waals surface area (Å²) in [6, 6.07) is 50.5. The average Bonchev–Trinajstić information content (AvgIpc) is 3.13. The maximum atomic E-state index is 10.6. The van der Waals surface area contributed by atoms with Crippen LogP contribution < -0.4 is 21.3 Å². The van der Waals surface area contributed by atoms with E-state index in [0.717, 1.165) is 27.9 Å². The minimum atomic E-state index is 0.0835. The van der Waals surface area contributed by atoms with Crippen LogP contribution in [0.4, 0.5) is 17.1 Å². The fraction of sp³-hybridized carbons (Fsp3) is 0.196. The standard InChI is InChI=1S/C46H43BN2/c1-30(2)35-25-37(31(3)4)46(38(26-35)32(5)6)47-42-21-13-15-23-44(42)49(45-24-16-14-22-43(45)47)36-27-39(33-17-9-7-10-18-33)41(29-48)40(28-36)34-19-11-8-12-20-34/h7-28,30-32H,1-6H3. The zero-order valence-corrected chi connectivity index (χ0v) is 29.4. The minimum Gasteiger partial charge on any atom is -0.311 e. The van der Waals surface area contributed by atoms with Gasteiger partial charge in [-0.1, -0.05) is 156 Å². The zero-order chi connectivity index (χ0) is 34.2. The second-order valence-electron chi connectivity index (χ2n) is 14.2. The predicted octanol–water partition coefficient (Wildman–Crippen LogP) is 10.6. The molecule has 6 aromatic carbocycles. The summed E-state index contributed by atoms with van der Waals surface area (Å²) in [5.41, 5.74) is 16.3. The van der Waals surface area contributed by atoms with Crippen molar-refractivity contribution in [2.75, 3.05) is 4.90 Å². The molecule has 0 radical (unpaired) electrons. The van der Waals surface area contributed by atoms with Crippen LogP contribution in [0, 0.1) is 11.3 Å². The molecule has 0 aliphatic carbocycles. The molecule has 0 spiro atoms. The summed E-state index contributed by atoms with van der Waals surface area (Å²) in [6.45, 7) is 14.1. The summed E-state index contributed by atoms with van der Waals surface area (Å²) in [6.07, 6.45) is 0. The molecule has 0 aromatic heterocycles. The van der Waals surface area contributed by atoms with Gasteiger partial charge in [0.2, 0.25) is 6.71 Å². The van der Waals surface area contributed by atoms with Crippen LogP contribution in [0.2, 0.25) is 0 Å². The lowest BCUT2D eigenvalue weighted by atomic mass is 9.33. The van der Waals surface area contributed by atoms with Crippen molar-refractivity contribution in [3.8, 4) is 28.3 Å². The van der Waals surface area contributed by atoms with Gasteiger partial charge in [-0.3, -0.25) is 0 Å². The molecule has 240 valence electrons. The van der Waals surface area contributed by atoms with Crippen molar-refractivity contribution in [3.63, 3.8) is 0 Å². The van der Waals surface area contributed by atoms with Crippen LogP contribution in [0.15, 0.2) is 133 Å². The molecule has 1 heterocycles. The smallest absolute Gasteiger partial charge is 0.247 e. The third-order valence-electron chi connectivity index (χ3n) is 10.1. The fourth-order valence-corrected chi connectivity index (χ4v) is 7.67. The van der Waals surface area contributed by atoms with E-state index in [2.05, 4.69) is 150 Å². The number of nitriles is 1. The van der Waals surface area contributed by atoms with Gasteiger partial charge >= 0.3 is 0 Å². The van der Waals surface area contributed by atoms with Crippen molar-refractivity contribution in [2.45, 2.75) is 59.3 Å². The zero-order valence-electron chi connectivity index (χ0n) is 29.4. The first-order valence-corrected chi connectivity index (χ1v) is 17.6. The van der Waals surface area contributed by atoms with Crippen LogP contribution in [-0.4, -0.2) is 6.71 Å². The highest BCUT2D eigenvalue weighted by molar-refractivity contribution is 6.98. The SMILES string of the molecule is CC(C)c1cc(C(C)C)c(B2c3ccccc3N(c3cc(-c4ccccc4)c(C#N)c(-c4ccccc4)c3)c3ccccc32)c(C(C)C)c1. The van der Waals surface area contributed by atoms with E-state index in [-0.39, 0.29) is 6.71 Å². The van der Waals surface area contributed by atoms with Gasteiger partial charge in [-0.15, -0.1) is 0 Å². The highest BCUT2D eigenvalue weighted by atomic mass is 15.1. The second-order valence-corrected chi connectivity index (χ2v) is 14.2. The molecule has 3 heteroatoms. The molecule has 0 bridgehead atoms. The van der Waals surface area contributed by atoms with Crippen LogP contribution in [0.1, 0.15) is 81.5 Å². The molecular formula is C46H43BN2. The summed E-state index contributed by atoms with van der Waals surface area (Å²) in [4.78, 5) is 2.42. The Morgan fingerprint density at radius 1 is 0.531 bits per heavy atom. The number of hydrogen-bond acceptors (Lipinski definition) is 2. The van der Waals surface area contributed by atoms with Crippen LogP contribution in [0.3, 0.4) is 0 Å². The molecular weight excluding hydrogens is 591 g/mol. The molecule has 6 aromatic rings. The maximum Gasteiger partial charge on any atom is 0.247 e. The Bertz CT molecular complexity index is 2040. The second kappa shape index (κ2) is 13.3. The lowest BCUT2D eigenvalue weighted by Gasteiger charge is -2.39. The van der Waals surface area contributed by atoms with E-state index in [0.29, 0.717) is 23.3 Å². The number of nitrogens with zero attached hydrogens (tertiary/aromatic N) is 2. The molecule has 0 fully saturated rings. The van der Waals surface area contributed by atoms with Gasteiger partial charge in [0.05, 0.1) is 5.56 Å². The molecule has 7 rings (SSSR count). The number of para-hydroxylation sites is 2. The highest BCUT2D eigenvalue weighted by Gasteiger charge is 2.38. The lowest BCUT2D eigenvalue weighted by molar-refractivity contribution is 0.812. The van der Waals surface area contributed by atoms with Crippen LogP contribution in [-0.2, 0) is 0 Å². The van der Waals surface area contributed by atoms with E-state index in [9.17, 15) is 5.26 Å². The molecule has 49 heavy (non-hydrogen) atoms. The Hall–Kier alpha value is -5.33. The first-order chi connectivity index (χ1) is 23.8. The molecule has 0 amide bonds. The average molecular weight is 635 g/mol. The quantitative estimate of drug-likeness (QED) is 0.163. The van der Waals surface area contributed by atoms with Gasteiger partial charge in [-0.2, -0.15) is 5.26 Å². The van der Waals surface area contributed by atoms with Gasteiger partial charge in [0, 0.05) is 28.2 Å². The molecule has 0 saturated heterocycles. The van der Waals surface area contributed by atoms with Crippen LogP contribution in [0.5, 0.6) is 0 Å². The van der Waals surface area contributed by atoms with Crippen LogP contribution >= 0.6 is 0 Å². The number of rotatable bonds is 7. The molecule has 2 nitrogen and oxygen atoms in total. The predicted molar refractivity (Wildman–Crippen MR) is 210 cm³/mol. The van der Waals surface area contributed by atoms with E-state index in [1.807, 2.05) is 36.4 Å². The van der Waals surface area contributed by atoms with E-state index in [1.54, 1.807) is 0 Å². The molecule has 0 unspecified atom stereocenters. The Kier molecular flexibility index (Phi) is 8.74. The van der Waals surface area contributed by atoms with Gasteiger partial charge in [0.25, 0.3) is 0 Å². The minimum absolute atomic E-state index is 0.0835. The van der Waals surface area contributed by atoms with Crippen molar-refractivity contribution in [2.24, 2.45) is 0 Å². The molecule has 0 N–H and O–H groups in total. The van der Waals surface area contributed by atoms with E-state index in [1.165, 1.54) is 44.5 Å². The first kappa shape index (κ1) is 32.2. The molecule has 0 atom stereocenters. The Balaban J connectivity index is 1.54. The van der Waals surface area contributed by atoms with Crippen LogP contribution in [0.25, 0.3) is 22.3 Å². The Labute approximate surface area is 292 Å². The number of hydrogen-bond donors (Lipinski definition) is 0. The van der Waals surface area contributed by atoms with E-state index >= 15 is 0 Å². The summed E-state index contributed by atoms with van der Waals surface area (Å²) in [5.74, 6) is 1.22. The topological polar surface area (TPSA) is 27.0 Å². The lowest BCUT2D eigenvalue weighted by Crippen LogP contribution is -2.59. The molecule has 1 aliphatic heterocycles.